The summed E-state index contributed by atoms with van der Waals surface area (Å²) in [6.45, 7) is 0. The molecule has 132 valence electrons. The van der Waals surface area contributed by atoms with Gasteiger partial charge in [-0.1, -0.05) is 27.7 Å². The van der Waals surface area contributed by atoms with E-state index in [-0.39, 0.29) is 16.7 Å². The molecule has 25 heavy (non-hydrogen) atoms. The predicted molar refractivity (Wildman–Crippen MR) is 101 cm³/mol. The Kier molecular flexibility index (Phi) is 5.45. The fourth-order valence-electron chi connectivity index (χ4n) is 2.79. The Bertz CT molecular complexity index is 796. The van der Waals surface area contributed by atoms with E-state index in [1.165, 1.54) is 28.4 Å². The fraction of sp³-hybridized carbons (Fsp3) is 0.312. The molecular weight excluding hydrogens is 428 g/mol. The summed E-state index contributed by atoms with van der Waals surface area (Å²) in [5, 5.41) is 14.2. The Labute approximate surface area is 161 Å². The molecule has 1 saturated heterocycles. The number of thioether (sulfide) groups is 2. The molecule has 2 aliphatic rings. The topological polar surface area (TPSA) is 89.5 Å². The molecule has 0 saturated carbocycles. The molecule has 6 nitrogen and oxygen atoms in total. The normalized spacial score (nSPS) is 20.6. The van der Waals surface area contributed by atoms with Crippen LogP contribution in [0.2, 0.25) is 0 Å². The summed E-state index contributed by atoms with van der Waals surface area (Å²) in [5.41, 5.74) is 1.59. The smallest absolute Gasteiger partial charge is 0.262 e. The quantitative estimate of drug-likeness (QED) is 0.696. The number of nitrogens with one attached hydrogen (secondary N) is 1. The Morgan fingerprint density at radius 2 is 2.24 bits per heavy atom. The van der Waals surface area contributed by atoms with Crippen LogP contribution in [0.15, 0.2) is 27.6 Å². The van der Waals surface area contributed by atoms with Gasteiger partial charge in [-0.05, 0) is 36.6 Å². The lowest BCUT2D eigenvalue weighted by molar-refractivity contribution is -0.311. The predicted octanol–water partition coefficient (Wildman–Crippen LogP) is 1.52. The van der Waals surface area contributed by atoms with E-state index in [0.717, 1.165) is 4.47 Å². The molecule has 9 heteroatoms. The van der Waals surface area contributed by atoms with Crippen LogP contribution < -0.4 is 10.4 Å². The highest BCUT2D eigenvalue weighted by atomic mass is 79.9. The monoisotopic (exact) mass is 441 g/mol. The molecule has 0 aromatic heterocycles. The number of carbonyl (C=O) groups excluding carboxylic acids is 3. The average Bonchev–Trinajstić information content (AvgIpc) is 3.07. The maximum absolute atomic E-state index is 12.8. The maximum atomic E-state index is 12.8. The van der Waals surface area contributed by atoms with E-state index < -0.39 is 17.9 Å². The second kappa shape index (κ2) is 7.43. The summed E-state index contributed by atoms with van der Waals surface area (Å²) in [6.07, 6.45) is 2.19. The number of hydrogen-bond donors (Lipinski definition) is 1. The maximum Gasteiger partial charge on any atom is 0.262 e. The number of rotatable bonds is 5. The second-order valence-corrected chi connectivity index (χ2v) is 8.37. The molecule has 0 spiro atoms. The minimum absolute atomic E-state index is 0.196. The van der Waals surface area contributed by atoms with Gasteiger partial charge in [0.2, 0.25) is 0 Å². The molecule has 1 N–H and O–H groups in total. The third kappa shape index (κ3) is 3.45. The third-order valence-electron chi connectivity index (χ3n) is 4.00. The van der Waals surface area contributed by atoms with Crippen LogP contribution in [0.5, 0.6) is 0 Å². The zero-order valence-corrected chi connectivity index (χ0v) is 16.4. The lowest BCUT2D eigenvalue weighted by Gasteiger charge is -2.27. The molecule has 1 aromatic carbocycles. The first-order valence-electron chi connectivity index (χ1n) is 7.43. The highest BCUT2D eigenvalue weighted by Gasteiger charge is 2.39. The molecule has 0 bridgehead atoms. The molecule has 3 rings (SSSR count). The average molecular weight is 442 g/mol. The zero-order chi connectivity index (χ0) is 18.1. The number of carboxylic acids is 1. The van der Waals surface area contributed by atoms with Gasteiger partial charge in [0.25, 0.3) is 11.8 Å². The van der Waals surface area contributed by atoms with Crippen LogP contribution in [0.25, 0.3) is 5.57 Å². The van der Waals surface area contributed by atoms with Crippen LogP contribution in [0.1, 0.15) is 12.0 Å². The molecule has 2 amide bonds. The van der Waals surface area contributed by atoms with Gasteiger partial charge in [-0.15, -0.1) is 0 Å². The number of anilines is 1. The number of amides is 2. The third-order valence-corrected chi connectivity index (χ3v) is 6.21. The number of benzene rings is 1. The number of fused-ring (bicyclic) bond motifs is 1. The van der Waals surface area contributed by atoms with Crippen LogP contribution in [-0.2, 0) is 14.4 Å². The van der Waals surface area contributed by atoms with E-state index >= 15 is 0 Å². The molecular formula is C16H14BrN2O4S2-. The van der Waals surface area contributed by atoms with E-state index in [1.54, 1.807) is 18.2 Å². The van der Waals surface area contributed by atoms with Gasteiger partial charge in [-0.2, -0.15) is 11.8 Å². The van der Waals surface area contributed by atoms with Gasteiger partial charge in [-0.25, -0.2) is 0 Å². The first-order chi connectivity index (χ1) is 11.9. The molecule has 0 aliphatic carbocycles. The van der Waals surface area contributed by atoms with Crippen molar-refractivity contribution >= 4 is 68.5 Å². The SMILES string of the molecule is CSCC[C@H](C(=O)[O-])N1CS/C(=C2\C(=O)Nc3ccc(Br)cc32)C1=O. The zero-order valence-electron chi connectivity index (χ0n) is 13.2. The molecule has 2 aliphatic heterocycles. The van der Waals surface area contributed by atoms with Crippen LogP contribution in [-0.4, -0.2) is 46.6 Å². The van der Waals surface area contributed by atoms with Crippen LogP contribution >= 0.6 is 39.5 Å². The van der Waals surface area contributed by atoms with E-state index in [4.69, 9.17) is 0 Å². The number of halogens is 1. The van der Waals surface area contributed by atoms with Crippen molar-refractivity contribution in [1.82, 2.24) is 4.90 Å². The molecule has 0 unspecified atom stereocenters. The number of carbonyl (C=O) groups is 3. The van der Waals surface area contributed by atoms with Crippen molar-refractivity contribution in [1.29, 1.82) is 0 Å². The van der Waals surface area contributed by atoms with Crippen LogP contribution in [0.3, 0.4) is 0 Å². The van der Waals surface area contributed by atoms with E-state index in [9.17, 15) is 19.5 Å². The van der Waals surface area contributed by atoms with Crippen LogP contribution in [0, 0.1) is 0 Å². The van der Waals surface area contributed by atoms with E-state index in [1.807, 2.05) is 6.26 Å². The lowest BCUT2D eigenvalue weighted by Crippen LogP contribution is -2.49. The lowest BCUT2D eigenvalue weighted by atomic mass is 10.1. The fourth-order valence-corrected chi connectivity index (χ4v) is 4.76. The minimum Gasteiger partial charge on any atom is -0.548 e. The van der Waals surface area contributed by atoms with Crippen molar-refractivity contribution in [2.45, 2.75) is 12.5 Å². The van der Waals surface area contributed by atoms with Crippen molar-refractivity contribution in [3.8, 4) is 0 Å². The van der Waals surface area contributed by atoms with Crippen molar-refractivity contribution in [2.75, 3.05) is 23.2 Å². The van der Waals surface area contributed by atoms with E-state index in [2.05, 4.69) is 21.2 Å². The van der Waals surface area contributed by atoms with Gasteiger partial charge in [0.15, 0.2) is 0 Å². The minimum atomic E-state index is -1.27. The van der Waals surface area contributed by atoms with Gasteiger partial charge < -0.3 is 20.1 Å². The summed E-state index contributed by atoms with van der Waals surface area (Å²) in [5.74, 6) is -1.25. The van der Waals surface area contributed by atoms with Gasteiger partial charge in [0.05, 0.1) is 28.4 Å². The van der Waals surface area contributed by atoms with Gasteiger partial charge in [0, 0.05) is 15.7 Å². The summed E-state index contributed by atoms with van der Waals surface area (Å²) < 4.78 is 0.792. The van der Waals surface area contributed by atoms with Crippen LogP contribution in [0.4, 0.5) is 5.69 Å². The Balaban J connectivity index is 1.96. The number of carboxylic acid groups (broad SMARTS) is 1. The van der Waals surface area contributed by atoms with Crippen molar-refractivity contribution in [2.24, 2.45) is 0 Å². The van der Waals surface area contributed by atoms with Gasteiger partial charge in [-0.3, -0.25) is 9.59 Å². The van der Waals surface area contributed by atoms with E-state index in [0.29, 0.717) is 29.0 Å². The van der Waals surface area contributed by atoms with Gasteiger partial charge in [0.1, 0.15) is 0 Å². The first-order valence-corrected chi connectivity index (χ1v) is 10.6. The molecule has 1 fully saturated rings. The largest absolute Gasteiger partial charge is 0.548 e. The highest BCUT2D eigenvalue weighted by molar-refractivity contribution is 9.10. The molecule has 2 heterocycles. The summed E-state index contributed by atoms with van der Waals surface area (Å²) in [4.78, 5) is 38.2. The van der Waals surface area contributed by atoms with Crippen molar-refractivity contribution in [3.05, 3.63) is 33.1 Å². The highest BCUT2D eigenvalue weighted by Crippen LogP contribution is 2.42. The Morgan fingerprint density at radius 3 is 2.92 bits per heavy atom. The van der Waals surface area contributed by atoms with Gasteiger partial charge >= 0.3 is 0 Å². The summed E-state index contributed by atoms with van der Waals surface area (Å²) in [7, 11) is 0. The number of nitrogens with zero attached hydrogens (tertiary/aromatic N) is 1. The summed E-state index contributed by atoms with van der Waals surface area (Å²) in [6, 6.07) is 4.35. The first kappa shape index (κ1) is 18.3. The molecule has 1 atom stereocenters. The van der Waals surface area contributed by atoms with Crippen molar-refractivity contribution < 1.29 is 19.5 Å². The number of aliphatic carboxylic acids is 1. The van der Waals surface area contributed by atoms with Crippen molar-refractivity contribution in [3.63, 3.8) is 0 Å². The Morgan fingerprint density at radius 1 is 1.48 bits per heavy atom. The summed E-state index contributed by atoms with van der Waals surface area (Å²) >= 11 is 6.07. The molecule has 0 radical (unpaired) electrons. The number of hydrogen-bond acceptors (Lipinski definition) is 6. The second-order valence-electron chi connectivity index (χ2n) is 5.51. The molecule has 1 aromatic rings. The standard InChI is InChI=1S/C16H15BrN2O4S2/c1-24-5-4-11(16(22)23)19-7-25-13(15(19)21)12-9-6-8(17)2-3-10(9)18-14(12)20/h2-3,6,11H,4-5,7H2,1H3,(H,18,20)(H,22,23)/p-1/b13-12-/t11-/m1/s1. The Hall–Kier alpha value is -1.45.